The SMILES string of the molecule is Cc1ccccc1-c1ccc(N(c2ccc(-c3ccccc3C)cc2)c2ccc(C3C([O-])C(c4ccc(N(c5ccc(-c6ccccc6C)cc5)c5ccc(-c6ccccc6C)cc5)cc4O)C3[O-])c(O)c2)cc1. The molecule has 0 spiro atoms. The smallest absolute Gasteiger partial charge is 0.121 e. The molecule has 0 aromatic heterocycles. The van der Waals surface area contributed by atoms with E-state index in [9.17, 15) is 20.4 Å². The third kappa shape index (κ3) is 9.00. The highest BCUT2D eigenvalue weighted by Gasteiger charge is 2.41. The molecule has 1 aliphatic carbocycles. The van der Waals surface area contributed by atoms with Crippen molar-refractivity contribution in [2.24, 2.45) is 0 Å². The number of rotatable bonds is 12. The second-order valence-corrected chi connectivity index (χ2v) is 19.6. The standard InChI is InChI=1S/C68H56N2O4/c1-43-13-5-9-17-57(43)47-21-29-51(30-22-47)69(52-31-23-48(24-32-52)58-18-10-6-14-44(58)2)55-37-39-61(63(71)41-55)65-67(73)66(68(65)74)62-40-38-56(42-64(62)72)70(53-33-25-49(26-34-53)59-19-11-7-15-45(59)3)54-35-27-50(28-36-54)60-20-12-8-16-46(60)4/h5-42,65-68,71-72H,1-4H3/q-2. The van der Waals surface area contributed by atoms with E-state index >= 15 is 0 Å². The second kappa shape index (κ2) is 20.1. The fraction of sp³-hybridized carbons (Fsp3) is 0.118. The largest absolute Gasteiger partial charge is 0.851 e. The van der Waals surface area contributed by atoms with Crippen LogP contribution in [0.25, 0.3) is 44.5 Å². The molecule has 74 heavy (non-hydrogen) atoms. The summed E-state index contributed by atoms with van der Waals surface area (Å²) in [6.07, 6.45) is -2.80. The third-order valence-corrected chi connectivity index (χ3v) is 15.0. The first-order valence-electron chi connectivity index (χ1n) is 25.2. The molecule has 6 nitrogen and oxygen atoms in total. The van der Waals surface area contributed by atoms with Gasteiger partial charge in [-0.1, -0.05) is 158 Å². The maximum Gasteiger partial charge on any atom is 0.121 e. The Kier molecular flexibility index (Phi) is 12.9. The van der Waals surface area contributed by atoms with Crippen molar-refractivity contribution in [2.45, 2.75) is 51.7 Å². The van der Waals surface area contributed by atoms with Gasteiger partial charge in [0, 0.05) is 46.3 Å². The molecule has 1 fully saturated rings. The number of aromatic hydroxyl groups is 2. The number of phenolic OH excluding ortho intramolecular Hbond substituents is 2. The molecular weight excluding hydrogens is 909 g/mol. The molecule has 0 amide bonds. The minimum Gasteiger partial charge on any atom is -0.851 e. The summed E-state index contributed by atoms with van der Waals surface area (Å²) in [4.78, 5) is 4.14. The Balaban J connectivity index is 0.884. The molecule has 0 heterocycles. The Labute approximate surface area is 434 Å². The molecule has 11 rings (SSSR count). The zero-order valence-corrected chi connectivity index (χ0v) is 41.9. The number of nitrogens with zero attached hydrogens (tertiary/aromatic N) is 2. The van der Waals surface area contributed by atoms with Gasteiger partial charge in [-0.15, -0.1) is 12.2 Å². The van der Waals surface area contributed by atoms with Crippen molar-refractivity contribution < 1.29 is 20.4 Å². The average Bonchev–Trinajstić information content (AvgIpc) is 3.42. The van der Waals surface area contributed by atoms with Crippen LogP contribution in [-0.2, 0) is 0 Å². The number of benzene rings is 10. The Morgan fingerprint density at radius 1 is 0.297 bits per heavy atom. The highest BCUT2D eigenvalue weighted by molar-refractivity contribution is 5.83. The summed E-state index contributed by atoms with van der Waals surface area (Å²) in [7, 11) is 0. The van der Waals surface area contributed by atoms with E-state index in [1.807, 2.05) is 60.7 Å². The number of aryl methyl sites for hydroxylation is 4. The average molecular weight is 965 g/mol. The van der Waals surface area contributed by atoms with Gasteiger partial charge >= 0.3 is 0 Å². The second-order valence-electron chi connectivity index (χ2n) is 19.6. The Hall–Kier alpha value is -8.68. The zero-order valence-electron chi connectivity index (χ0n) is 41.9. The van der Waals surface area contributed by atoms with Gasteiger partial charge in [-0.2, -0.15) is 0 Å². The molecule has 0 unspecified atom stereocenters. The van der Waals surface area contributed by atoms with Gasteiger partial charge in [0.15, 0.2) is 0 Å². The molecule has 10 aromatic carbocycles. The lowest BCUT2D eigenvalue weighted by Gasteiger charge is -2.61. The first-order chi connectivity index (χ1) is 36.0. The quantitative estimate of drug-likeness (QED) is 0.127. The molecule has 0 atom stereocenters. The van der Waals surface area contributed by atoms with Gasteiger partial charge in [0.1, 0.15) is 11.5 Å². The maximum absolute atomic E-state index is 14.3. The van der Waals surface area contributed by atoms with Crippen LogP contribution in [0.15, 0.2) is 231 Å². The number of hydrogen-bond acceptors (Lipinski definition) is 6. The number of anilines is 6. The van der Waals surface area contributed by atoms with E-state index in [2.05, 4.69) is 183 Å². The molecule has 0 radical (unpaired) electrons. The van der Waals surface area contributed by atoms with Crippen LogP contribution in [0.3, 0.4) is 0 Å². The summed E-state index contributed by atoms with van der Waals surface area (Å²) in [6.45, 7) is 8.42. The van der Waals surface area contributed by atoms with Crippen molar-refractivity contribution >= 4 is 34.1 Å². The van der Waals surface area contributed by atoms with Crippen LogP contribution >= 0.6 is 0 Å². The molecule has 0 bridgehead atoms. The van der Waals surface area contributed by atoms with E-state index in [0.717, 1.165) is 67.3 Å². The predicted octanol–water partition coefficient (Wildman–Crippen LogP) is 15.3. The van der Waals surface area contributed by atoms with Gasteiger partial charge in [-0.3, -0.25) is 0 Å². The molecule has 6 heteroatoms. The topological polar surface area (TPSA) is 93.1 Å². The highest BCUT2D eigenvalue weighted by Crippen LogP contribution is 2.52. The summed E-state index contributed by atoms with van der Waals surface area (Å²) in [5.74, 6) is -2.28. The molecule has 0 saturated heterocycles. The molecule has 364 valence electrons. The third-order valence-electron chi connectivity index (χ3n) is 15.0. The van der Waals surface area contributed by atoms with Crippen molar-refractivity contribution in [3.05, 3.63) is 264 Å². The summed E-state index contributed by atoms with van der Waals surface area (Å²) in [6, 6.07) is 77.1. The Morgan fingerprint density at radius 3 is 0.757 bits per heavy atom. The molecular formula is C68H56N2O4-2. The first kappa shape index (κ1) is 47.6. The molecule has 0 aliphatic heterocycles. The minimum atomic E-state index is -1.40. The Morgan fingerprint density at radius 2 is 0.527 bits per heavy atom. The van der Waals surface area contributed by atoms with Crippen LogP contribution < -0.4 is 20.0 Å². The lowest BCUT2D eigenvalue weighted by atomic mass is 9.63. The van der Waals surface area contributed by atoms with Crippen LogP contribution in [0, 0.1) is 27.7 Å². The van der Waals surface area contributed by atoms with Gasteiger partial charge in [0.05, 0.1) is 0 Å². The lowest BCUT2D eigenvalue weighted by Crippen LogP contribution is -2.63. The maximum atomic E-state index is 14.3. The molecule has 2 N–H and O–H groups in total. The van der Waals surface area contributed by atoms with Crippen molar-refractivity contribution in [1.29, 1.82) is 0 Å². The minimum absolute atomic E-state index is 0.122. The summed E-state index contributed by atoms with van der Waals surface area (Å²) >= 11 is 0. The summed E-state index contributed by atoms with van der Waals surface area (Å²) in [5, 5.41) is 52.3. The van der Waals surface area contributed by atoms with Crippen molar-refractivity contribution in [2.75, 3.05) is 9.80 Å². The first-order valence-corrected chi connectivity index (χ1v) is 25.2. The highest BCUT2D eigenvalue weighted by atomic mass is 16.3. The molecule has 10 aromatic rings. The lowest BCUT2D eigenvalue weighted by molar-refractivity contribution is -0.536. The van der Waals surface area contributed by atoms with Crippen LogP contribution in [0.4, 0.5) is 34.1 Å². The fourth-order valence-corrected chi connectivity index (χ4v) is 10.9. The molecule has 1 saturated carbocycles. The van der Waals surface area contributed by atoms with Crippen LogP contribution in [-0.4, -0.2) is 22.4 Å². The van der Waals surface area contributed by atoms with Crippen LogP contribution in [0.1, 0.15) is 45.2 Å². The summed E-state index contributed by atoms with van der Waals surface area (Å²) < 4.78 is 0. The van der Waals surface area contributed by atoms with E-state index in [4.69, 9.17) is 0 Å². The van der Waals surface area contributed by atoms with E-state index in [1.54, 1.807) is 24.3 Å². The van der Waals surface area contributed by atoms with Crippen molar-refractivity contribution in [3.63, 3.8) is 0 Å². The van der Waals surface area contributed by atoms with Gasteiger partial charge in [0.25, 0.3) is 0 Å². The van der Waals surface area contributed by atoms with Crippen molar-refractivity contribution in [3.8, 4) is 56.0 Å². The number of hydrogen-bond donors (Lipinski definition) is 2. The van der Waals surface area contributed by atoms with Gasteiger partial charge < -0.3 is 30.2 Å². The number of phenols is 2. The Bertz CT molecular complexity index is 3200. The van der Waals surface area contributed by atoms with Crippen LogP contribution in [0.2, 0.25) is 0 Å². The predicted molar refractivity (Wildman–Crippen MR) is 299 cm³/mol. The normalized spacial score (nSPS) is 16.1. The van der Waals surface area contributed by atoms with Crippen LogP contribution in [0.5, 0.6) is 11.5 Å². The monoisotopic (exact) mass is 964 g/mol. The van der Waals surface area contributed by atoms with Gasteiger partial charge in [-0.25, -0.2) is 0 Å². The van der Waals surface area contributed by atoms with Gasteiger partial charge in [0.2, 0.25) is 0 Å². The van der Waals surface area contributed by atoms with E-state index < -0.39 is 24.0 Å². The van der Waals surface area contributed by atoms with Crippen molar-refractivity contribution in [1.82, 2.24) is 0 Å². The van der Waals surface area contributed by atoms with E-state index in [1.165, 1.54) is 22.3 Å². The molecule has 1 aliphatic rings. The van der Waals surface area contributed by atoms with E-state index in [-0.39, 0.29) is 11.5 Å². The van der Waals surface area contributed by atoms with E-state index in [0.29, 0.717) is 22.5 Å². The van der Waals surface area contributed by atoms with Gasteiger partial charge in [-0.05, 0) is 178 Å². The fourth-order valence-electron chi connectivity index (χ4n) is 10.9. The zero-order chi connectivity index (χ0) is 51.0. The summed E-state index contributed by atoms with van der Waals surface area (Å²) in [5.41, 5.74) is 19.2.